The Morgan fingerprint density at radius 1 is 1.42 bits per heavy atom. The van der Waals surface area contributed by atoms with Gasteiger partial charge in [0.15, 0.2) is 0 Å². The maximum atomic E-state index is 11.7. The number of hydrogen-bond donors (Lipinski definition) is 2. The van der Waals surface area contributed by atoms with Gasteiger partial charge in [0.2, 0.25) is 0 Å². The Kier molecular flexibility index (Phi) is 5.29. The van der Waals surface area contributed by atoms with E-state index in [0.29, 0.717) is 5.69 Å². The molecule has 104 valence electrons. The van der Waals surface area contributed by atoms with Gasteiger partial charge in [0, 0.05) is 17.2 Å². The highest BCUT2D eigenvalue weighted by Gasteiger charge is 2.29. The van der Waals surface area contributed by atoms with Gasteiger partial charge in [-0.1, -0.05) is 0 Å². The van der Waals surface area contributed by atoms with Gasteiger partial charge >= 0.3 is 12.0 Å². The summed E-state index contributed by atoms with van der Waals surface area (Å²) in [6.07, 6.45) is 3.14. The Labute approximate surface area is 120 Å². The molecule has 19 heavy (non-hydrogen) atoms. The van der Waals surface area contributed by atoms with Gasteiger partial charge in [-0.3, -0.25) is 9.78 Å². The number of halogens is 1. The Morgan fingerprint density at radius 2 is 2.11 bits per heavy atom. The quantitative estimate of drug-likeness (QED) is 0.829. The third-order valence-electron chi connectivity index (χ3n) is 2.39. The number of hydrogen-bond acceptors (Lipinski definition) is 4. The van der Waals surface area contributed by atoms with Crippen molar-refractivity contribution in [2.24, 2.45) is 5.41 Å². The molecule has 0 aliphatic heterocycles. The van der Waals surface area contributed by atoms with E-state index in [9.17, 15) is 9.59 Å². The lowest BCUT2D eigenvalue weighted by molar-refractivity contribution is -0.150. The van der Waals surface area contributed by atoms with E-state index in [1.165, 1.54) is 13.3 Å². The van der Waals surface area contributed by atoms with Crippen molar-refractivity contribution in [3.63, 3.8) is 0 Å². The first-order valence-electron chi connectivity index (χ1n) is 5.59. The molecule has 0 fully saturated rings. The van der Waals surface area contributed by atoms with Gasteiger partial charge in [0.1, 0.15) is 0 Å². The van der Waals surface area contributed by atoms with Gasteiger partial charge in [-0.25, -0.2) is 4.79 Å². The van der Waals surface area contributed by atoms with E-state index in [2.05, 4.69) is 36.3 Å². The van der Waals surface area contributed by atoms with Crippen LogP contribution >= 0.6 is 15.9 Å². The number of nitrogens with zero attached hydrogens (tertiary/aromatic N) is 1. The zero-order valence-corrected chi connectivity index (χ0v) is 12.6. The van der Waals surface area contributed by atoms with E-state index in [1.807, 2.05) is 0 Å². The molecule has 0 aliphatic carbocycles. The maximum Gasteiger partial charge on any atom is 0.319 e. The van der Waals surface area contributed by atoms with Crippen LogP contribution in [0.4, 0.5) is 10.5 Å². The predicted molar refractivity (Wildman–Crippen MR) is 74.8 cm³/mol. The lowest BCUT2D eigenvalue weighted by Crippen LogP contribution is -2.41. The molecule has 2 amide bonds. The molecule has 1 aromatic heterocycles. The molecule has 0 bridgehead atoms. The van der Waals surface area contributed by atoms with Gasteiger partial charge in [-0.05, 0) is 35.8 Å². The lowest BCUT2D eigenvalue weighted by atomic mass is 9.94. The van der Waals surface area contributed by atoms with Gasteiger partial charge in [-0.2, -0.15) is 0 Å². The lowest BCUT2D eigenvalue weighted by Gasteiger charge is -2.21. The van der Waals surface area contributed by atoms with Crippen LogP contribution in [0.1, 0.15) is 13.8 Å². The summed E-state index contributed by atoms with van der Waals surface area (Å²) in [5.41, 5.74) is -0.218. The number of rotatable bonds is 4. The third kappa shape index (κ3) is 4.86. The van der Waals surface area contributed by atoms with Crippen LogP contribution in [-0.2, 0) is 9.53 Å². The number of aromatic nitrogens is 1. The second kappa shape index (κ2) is 6.51. The summed E-state index contributed by atoms with van der Waals surface area (Å²) in [4.78, 5) is 27.0. The number of carbonyl (C=O) groups excluding carboxylic acids is 2. The molecule has 7 heteroatoms. The Hall–Kier alpha value is -1.63. The fraction of sp³-hybridized carbons (Fsp3) is 0.417. The second-order valence-corrected chi connectivity index (χ2v) is 5.49. The molecule has 6 nitrogen and oxygen atoms in total. The summed E-state index contributed by atoms with van der Waals surface area (Å²) in [5, 5.41) is 5.23. The van der Waals surface area contributed by atoms with Crippen LogP contribution in [0.3, 0.4) is 0 Å². The van der Waals surface area contributed by atoms with Crippen LogP contribution in [0.2, 0.25) is 0 Å². The summed E-state index contributed by atoms with van der Waals surface area (Å²) in [6.45, 7) is 3.56. The number of pyridine rings is 1. The highest BCUT2D eigenvalue weighted by Crippen LogP contribution is 2.16. The van der Waals surface area contributed by atoms with E-state index >= 15 is 0 Å². The molecule has 0 atom stereocenters. The normalized spacial score (nSPS) is 10.7. The number of methoxy groups -OCH3 is 1. The third-order valence-corrected chi connectivity index (χ3v) is 2.83. The number of ether oxygens (including phenoxy) is 1. The van der Waals surface area contributed by atoms with Gasteiger partial charge in [-0.15, -0.1) is 0 Å². The van der Waals surface area contributed by atoms with Crippen molar-refractivity contribution >= 4 is 33.6 Å². The standard InChI is InChI=1S/C12H16BrN3O3/c1-12(2,10(17)19-3)7-15-11(18)16-9-4-8(13)5-14-6-9/h4-6H,7H2,1-3H3,(H2,15,16,18). The van der Waals surface area contributed by atoms with Crippen LogP contribution in [-0.4, -0.2) is 30.6 Å². The predicted octanol–water partition coefficient (Wildman–Crippen LogP) is 2.16. The minimum Gasteiger partial charge on any atom is -0.469 e. The number of urea groups is 1. The summed E-state index contributed by atoms with van der Waals surface area (Å²) >= 11 is 3.26. The van der Waals surface area contributed by atoms with Crippen LogP contribution < -0.4 is 10.6 Å². The molecule has 0 aliphatic rings. The van der Waals surface area contributed by atoms with Crippen LogP contribution in [0.15, 0.2) is 22.9 Å². The molecule has 2 N–H and O–H groups in total. The minimum atomic E-state index is -0.776. The van der Waals surface area contributed by atoms with Crippen molar-refractivity contribution in [1.82, 2.24) is 10.3 Å². The smallest absolute Gasteiger partial charge is 0.319 e. The molecule has 0 saturated heterocycles. The number of carbonyl (C=O) groups is 2. The summed E-state index contributed by atoms with van der Waals surface area (Å²) in [7, 11) is 1.32. The SMILES string of the molecule is COC(=O)C(C)(C)CNC(=O)Nc1cncc(Br)c1. The van der Waals surface area contributed by atoms with Crippen molar-refractivity contribution in [3.05, 3.63) is 22.9 Å². The van der Waals surface area contributed by atoms with Crippen molar-refractivity contribution in [1.29, 1.82) is 0 Å². The molecule has 0 spiro atoms. The fourth-order valence-electron chi connectivity index (χ4n) is 1.31. The van der Waals surface area contributed by atoms with Gasteiger partial charge < -0.3 is 15.4 Å². The maximum absolute atomic E-state index is 11.7. The van der Waals surface area contributed by atoms with E-state index in [1.54, 1.807) is 26.1 Å². The number of esters is 1. The summed E-state index contributed by atoms with van der Waals surface area (Å²) in [6, 6.07) is 1.31. The Morgan fingerprint density at radius 3 is 2.68 bits per heavy atom. The average Bonchev–Trinajstić information content (AvgIpc) is 2.35. The highest BCUT2D eigenvalue weighted by atomic mass is 79.9. The summed E-state index contributed by atoms with van der Waals surface area (Å²) < 4.78 is 5.42. The molecule has 1 heterocycles. The van der Waals surface area contributed by atoms with Crippen LogP contribution in [0.25, 0.3) is 0 Å². The number of amides is 2. The molecule has 1 rings (SSSR count). The van der Waals surface area contributed by atoms with E-state index < -0.39 is 11.4 Å². The van der Waals surface area contributed by atoms with Gasteiger partial charge in [0.05, 0.1) is 24.4 Å². The molecule has 0 saturated carbocycles. The molecular weight excluding hydrogens is 314 g/mol. The topological polar surface area (TPSA) is 80.3 Å². The molecule has 1 aromatic rings. The highest BCUT2D eigenvalue weighted by molar-refractivity contribution is 9.10. The summed E-state index contributed by atoms with van der Waals surface area (Å²) in [5.74, 6) is -0.378. The first-order chi connectivity index (χ1) is 8.85. The molecule has 0 unspecified atom stereocenters. The average molecular weight is 330 g/mol. The van der Waals surface area contributed by atoms with Gasteiger partial charge in [0.25, 0.3) is 0 Å². The molecular formula is C12H16BrN3O3. The molecule has 0 radical (unpaired) electrons. The van der Waals surface area contributed by atoms with E-state index in [0.717, 1.165) is 4.47 Å². The van der Waals surface area contributed by atoms with Crippen molar-refractivity contribution in [3.8, 4) is 0 Å². The Bertz CT molecular complexity index is 477. The minimum absolute atomic E-state index is 0.174. The number of anilines is 1. The van der Waals surface area contributed by atoms with Crippen molar-refractivity contribution in [2.75, 3.05) is 19.0 Å². The van der Waals surface area contributed by atoms with Crippen molar-refractivity contribution < 1.29 is 14.3 Å². The fourth-order valence-corrected chi connectivity index (χ4v) is 1.67. The largest absolute Gasteiger partial charge is 0.469 e. The van der Waals surface area contributed by atoms with E-state index in [-0.39, 0.29) is 12.5 Å². The first-order valence-corrected chi connectivity index (χ1v) is 6.38. The zero-order valence-electron chi connectivity index (χ0n) is 11.0. The van der Waals surface area contributed by atoms with E-state index in [4.69, 9.17) is 0 Å². The first kappa shape index (κ1) is 15.4. The monoisotopic (exact) mass is 329 g/mol. The number of nitrogens with one attached hydrogen (secondary N) is 2. The zero-order chi connectivity index (χ0) is 14.5. The van der Waals surface area contributed by atoms with Crippen LogP contribution in [0.5, 0.6) is 0 Å². The Balaban J connectivity index is 2.51. The van der Waals surface area contributed by atoms with Crippen LogP contribution in [0, 0.1) is 5.41 Å². The molecule has 0 aromatic carbocycles. The second-order valence-electron chi connectivity index (χ2n) is 4.57. The van der Waals surface area contributed by atoms with Crippen molar-refractivity contribution in [2.45, 2.75) is 13.8 Å².